The maximum absolute atomic E-state index is 12.4. The molecular formula is C14H17NO4. The number of rotatable bonds is 2. The number of carboxylic acids is 1. The molecule has 5 heteroatoms. The van der Waals surface area contributed by atoms with Gasteiger partial charge in [0.1, 0.15) is 18.1 Å². The van der Waals surface area contributed by atoms with E-state index < -0.39 is 12.0 Å². The lowest BCUT2D eigenvalue weighted by Gasteiger charge is -2.23. The molecule has 1 aromatic rings. The molecule has 0 radical (unpaired) electrons. The molecule has 1 saturated heterocycles. The van der Waals surface area contributed by atoms with Crippen molar-refractivity contribution in [2.24, 2.45) is 11.8 Å². The van der Waals surface area contributed by atoms with E-state index in [4.69, 9.17) is 4.42 Å². The fourth-order valence-electron chi connectivity index (χ4n) is 3.55. The Morgan fingerprint density at radius 1 is 1.42 bits per heavy atom. The van der Waals surface area contributed by atoms with Gasteiger partial charge in [0.05, 0.1) is 5.56 Å². The lowest BCUT2D eigenvalue weighted by atomic mass is 9.94. The highest BCUT2D eigenvalue weighted by Gasteiger charge is 2.49. The zero-order chi connectivity index (χ0) is 13.6. The van der Waals surface area contributed by atoms with E-state index in [-0.39, 0.29) is 11.8 Å². The second-order valence-electron chi connectivity index (χ2n) is 5.54. The van der Waals surface area contributed by atoms with Crippen LogP contribution in [-0.4, -0.2) is 34.5 Å². The number of nitrogens with zero attached hydrogens (tertiary/aromatic N) is 1. The number of likely N-dealkylation sites (tertiary alicyclic amines) is 1. The number of furan rings is 1. The molecule has 19 heavy (non-hydrogen) atoms. The van der Waals surface area contributed by atoms with E-state index in [0.717, 1.165) is 19.3 Å². The smallest absolute Gasteiger partial charge is 0.326 e. The first kappa shape index (κ1) is 12.3. The van der Waals surface area contributed by atoms with Crippen molar-refractivity contribution in [3.63, 3.8) is 0 Å². The van der Waals surface area contributed by atoms with E-state index in [2.05, 4.69) is 0 Å². The molecule has 0 bridgehead atoms. The van der Waals surface area contributed by atoms with Gasteiger partial charge in [0.15, 0.2) is 0 Å². The molecule has 1 aliphatic heterocycles. The number of hydrogen-bond acceptors (Lipinski definition) is 3. The van der Waals surface area contributed by atoms with Gasteiger partial charge in [-0.15, -0.1) is 0 Å². The quantitative estimate of drug-likeness (QED) is 0.884. The molecule has 0 spiro atoms. The fraction of sp³-hybridized carbons (Fsp3) is 0.571. The minimum absolute atomic E-state index is 0.120. The van der Waals surface area contributed by atoms with E-state index in [1.807, 2.05) is 0 Å². The van der Waals surface area contributed by atoms with Crippen LogP contribution in [0.15, 0.2) is 16.7 Å². The molecule has 1 saturated carbocycles. The summed E-state index contributed by atoms with van der Waals surface area (Å²) in [6.45, 7) is 2.33. The number of aryl methyl sites for hydroxylation is 1. The highest BCUT2D eigenvalue weighted by molar-refractivity contribution is 5.97. The molecule has 3 atom stereocenters. The summed E-state index contributed by atoms with van der Waals surface area (Å²) in [5.74, 6) is 0.0173. The molecule has 3 rings (SSSR count). The zero-order valence-corrected chi connectivity index (χ0v) is 10.8. The van der Waals surface area contributed by atoms with Gasteiger partial charge in [0.2, 0.25) is 0 Å². The third-order valence-corrected chi connectivity index (χ3v) is 4.38. The third-order valence-electron chi connectivity index (χ3n) is 4.38. The van der Waals surface area contributed by atoms with Crippen molar-refractivity contribution in [1.82, 2.24) is 4.90 Å². The summed E-state index contributed by atoms with van der Waals surface area (Å²) >= 11 is 0. The Bertz CT molecular complexity index is 521. The van der Waals surface area contributed by atoms with Gasteiger partial charge in [-0.2, -0.15) is 0 Å². The van der Waals surface area contributed by atoms with Gasteiger partial charge < -0.3 is 14.4 Å². The maximum Gasteiger partial charge on any atom is 0.326 e. The van der Waals surface area contributed by atoms with Gasteiger partial charge in [-0.25, -0.2) is 4.79 Å². The van der Waals surface area contributed by atoms with Crippen molar-refractivity contribution >= 4 is 11.9 Å². The molecule has 2 aliphatic rings. The number of carbonyl (C=O) groups excluding carboxylic acids is 1. The Morgan fingerprint density at radius 2 is 2.21 bits per heavy atom. The molecular weight excluding hydrogens is 246 g/mol. The maximum atomic E-state index is 12.4. The summed E-state index contributed by atoms with van der Waals surface area (Å²) in [5.41, 5.74) is 0.448. The Morgan fingerprint density at radius 3 is 2.84 bits per heavy atom. The normalized spacial score (nSPS) is 29.5. The largest absolute Gasteiger partial charge is 0.480 e. The van der Waals surface area contributed by atoms with Crippen LogP contribution in [0, 0.1) is 18.8 Å². The van der Waals surface area contributed by atoms with Gasteiger partial charge in [0, 0.05) is 6.54 Å². The molecule has 5 nitrogen and oxygen atoms in total. The van der Waals surface area contributed by atoms with E-state index in [0.29, 0.717) is 23.8 Å². The molecule has 2 heterocycles. The van der Waals surface area contributed by atoms with Crippen LogP contribution < -0.4 is 0 Å². The molecule has 0 aromatic carbocycles. The van der Waals surface area contributed by atoms with Crippen LogP contribution in [-0.2, 0) is 4.79 Å². The topological polar surface area (TPSA) is 70.8 Å². The molecule has 1 amide bonds. The van der Waals surface area contributed by atoms with Crippen LogP contribution in [0.1, 0.15) is 35.4 Å². The van der Waals surface area contributed by atoms with Gasteiger partial charge in [-0.1, -0.05) is 6.42 Å². The lowest BCUT2D eigenvalue weighted by Crippen LogP contribution is -2.43. The van der Waals surface area contributed by atoms with Crippen molar-refractivity contribution < 1.29 is 19.1 Å². The van der Waals surface area contributed by atoms with E-state index in [1.54, 1.807) is 13.0 Å². The van der Waals surface area contributed by atoms with Gasteiger partial charge in [-0.05, 0) is 37.7 Å². The summed E-state index contributed by atoms with van der Waals surface area (Å²) in [4.78, 5) is 25.4. The van der Waals surface area contributed by atoms with Crippen molar-refractivity contribution in [3.8, 4) is 0 Å². The van der Waals surface area contributed by atoms with E-state index >= 15 is 0 Å². The molecule has 102 valence electrons. The fourth-order valence-corrected chi connectivity index (χ4v) is 3.55. The number of amides is 1. The zero-order valence-electron chi connectivity index (χ0n) is 10.8. The summed E-state index contributed by atoms with van der Waals surface area (Å²) < 4.78 is 5.14. The van der Waals surface area contributed by atoms with E-state index in [9.17, 15) is 14.7 Å². The van der Waals surface area contributed by atoms with E-state index in [1.165, 1.54) is 11.2 Å². The third kappa shape index (κ3) is 1.93. The number of aliphatic carboxylic acids is 1. The number of hydrogen-bond donors (Lipinski definition) is 1. The summed E-state index contributed by atoms with van der Waals surface area (Å²) in [5, 5.41) is 9.41. The summed E-state index contributed by atoms with van der Waals surface area (Å²) in [6.07, 6.45) is 4.43. The second kappa shape index (κ2) is 4.40. The molecule has 3 unspecified atom stereocenters. The Balaban J connectivity index is 1.87. The van der Waals surface area contributed by atoms with Gasteiger partial charge >= 0.3 is 5.97 Å². The summed E-state index contributed by atoms with van der Waals surface area (Å²) in [7, 11) is 0. The monoisotopic (exact) mass is 263 g/mol. The first-order chi connectivity index (χ1) is 9.08. The number of carbonyl (C=O) groups is 2. The first-order valence-corrected chi connectivity index (χ1v) is 6.67. The average Bonchev–Trinajstić information content (AvgIpc) is 3.00. The highest BCUT2D eigenvalue weighted by atomic mass is 16.4. The van der Waals surface area contributed by atoms with Crippen molar-refractivity contribution in [1.29, 1.82) is 0 Å². The number of fused-ring (bicyclic) bond motifs is 1. The summed E-state index contributed by atoms with van der Waals surface area (Å²) in [6, 6.07) is 0.991. The average molecular weight is 263 g/mol. The predicted octanol–water partition coefficient (Wildman–Crippen LogP) is 1.91. The van der Waals surface area contributed by atoms with Crippen molar-refractivity contribution in [2.75, 3.05) is 6.54 Å². The number of carboxylic acid groups (broad SMARTS) is 1. The van der Waals surface area contributed by atoms with Crippen LogP contribution >= 0.6 is 0 Å². The van der Waals surface area contributed by atoms with Crippen LogP contribution in [0.4, 0.5) is 0 Å². The molecule has 2 fully saturated rings. The van der Waals surface area contributed by atoms with Crippen LogP contribution in [0.2, 0.25) is 0 Å². The van der Waals surface area contributed by atoms with Crippen LogP contribution in [0.25, 0.3) is 0 Å². The Kier molecular flexibility index (Phi) is 2.84. The SMILES string of the molecule is Cc1cc(C(=O)N2CC3CCCC3C2C(=O)O)co1. The minimum Gasteiger partial charge on any atom is -0.480 e. The standard InChI is InChI=1S/C14H17NO4/c1-8-5-10(7-19-8)13(16)15-6-9-3-2-4-11(9)12(15)14(17)18/h5,7,9,11-12H,2-4,6H2,1H3,(H,17,18). The van der Waals surface area contributed by atoms with Crippen LogP contribution in [0.5, 0.6) is 0 Å². The predicted molar refractivity (Wildman–Crippen MR) is 66.7 cm³/mol. The highest BCUT2D eigenvalue weighted by Crippen LogP contribution is 2.42. The first-order valence-electron chi connectivity index (χ1n) is 6.67. The Labute approximate surface area is 111 Å². The second-order valence-corrected chi connectivity index (χ2v) is 5.54. The molecule has 1 aliphatic carbocycles. The van der Waals surface area contributed by atoms with Gasteiger partial charge in [-0.3, -0.25) is 4.79 Å². The molecule has 1 N–H and O–H groups in total. The van der Waals surface area contributed by atoms with Gasteiger partial charge in [0.25, 0.3) is 5.91 Å². The van der Waals surface area contributed by atoms with Crippen LogP contribution in [0.3, 0.4) is 0 Å². The lowest BCUT2D eigenvalue weighted by molar-refractivity contribution is -0.142. The van der Waals surface area contributed by atoms with Crippen molar-refractivity contribution in [3.05, 3.63) is 23.7 Å². The minimum atomic E-state index is -0.886. The van der Waals surface area contributed by atoms with Crippen molar-refractivity contribution in [2.45, 2.75) is 32.2 Å². The Hall–Kier alpha value is -1.78. The molecule has 1 aromatic heterocycles.